The molecular weight excluding hydrogens is 210 g/mol. The Balaban J connectivity index is 2.33. The van der Waals surface area contributed by atoms with Gasteiger partial charge in [0, 0.05) is 7.11 Å². The molecule has 0 fully saturated rings. The van der Waals surface area contributed by atoms with Crippen LogP contribution in [0.15, 0.2) is 30.3 Å². The fourth-order valence-corrected chi connectivity index (χ4v) is 1.95. The van der Waals surface area contributed by atoms with Gasteiger partial charge in [-0.05, 0) is 18.5 Å². The monoisotopic (exact) mass is 235 g/mol. The van der Waals surface area contributed by atoms with Crippen molar-refractivity contribution in [1.29, 1.82) is 0 Å². The number of benzene rings is 1. The Bertz CT molecular complexity index is 274. The molecule has 1 N–H and O–H groups in total. The number of rotatable bonds is 9. The van der Waals surface area contributed by atoms with Crippen molar-refractivity contribution in [3.63, 3.8) is 0 Å². The Morgan fingerprint density at radius 1 is 1.12 bits per heavy atom. The lowest BCUT2D eigenvalue weighted by Gasteiger charge is -2.18. The zero-order chi connectivity index (χ0) is 12.3. The van der Waals surface area contributed by atoms with Crippen molar-refractivity contribution in [3.05, 3.63) is 35.9 Å². The molecule has 0 saturated carbocycles. The first-order chi connectivity index (χ1) is 8.38. The van der Waals surface area contributed by atoms with Crippen LogP contribution in [0, 0.1) is 0 Å². The van der Waals surface area contributed by atoms with Crippen LogP contribution in [-0.4, -0.2) is 20.3 Å². The van der Waals surface area contributed by atoms with Gasteiger partial charge in [-0.2, -0.15) is 0 Å². The molecule has 17 heavy (non-hydrogen) atoms. The Kier molecular flexibility index (Phi) is 7.69. The van der Waals surface area contributed by atoms with Gasteiger partial charge in [0.25, 0.3) is 0 Å². The standard InChI is InChI=1S/C15H25NO/c1-3-4-5-9-12-16-15(13-17-2)14-10-7-6-8-11-14/h6-8,10-11,15-16H,3-5,9,12-13H2,1-2H3. The van der Waals surface area contributed by atoms with E-state index < -0.39 is 0 Å². The highest BCUT2D eigenvalue weighted by Gasteiger charge is 2.09. The third-order valence-corrected chi connectivity index (χ3v) is 2.96. The van der Waals surface area contributed by atoms with Gasteiger partial charge in [0.2, 0.25) is 0 Å². The lowest BCUT2D eigenvalue weighted by atomic mass is 10.1. The van der Waals surface area contributed by atoms with Crippen LogP contribution in [0.2, 0.25) is 0 Å². The van der Waals surface area contributed by atoms with E-state index in [2.05, 4.69) is 42.6 Å². The summed E-state index contributed by atoms with van der Waals surface area (Å²) in [5.74, 6) is 0. The molecule has 1 unspecified atom stereocenters. The van der Waals surface area contributed by atoms with Gasteiger partial charge in [-0.3, -0.25) is 0 Å². The van der Waals surface area contributed by atoms with E-state index in [1.165, 1.54) is 31.2 Å². The number of hydrogen-bond donors (Lipinski definition) is 1. The van der Waals surface area contributed by atoms with Crippen LogP contribution in [0.25, 0.3) is 0 Å². The minimum absolute atomic E-state index is 0.322. The Labute approximate surface area is 105 Å². The first-order valence-electron chi connectivity index (χ1n) is 6.65. The lowest BCUT2D eigenvalue weighted by molar-refractivity contribution is 0.166. The minimum Gasteiger partial charge on any atom is -0.383 e. The second-order valence-electron chi connectivity index (χ2n) is 4.43. The van der Waals surface area contributed by atoms with E-state index in [-0.39, 0.29) is 0 Å². The number of nitrogens with one attached hydrogen (secondary N) is 1. The van der Waals surface area contributed by atoms with E-state index in [1.54, 1.807) is 7.11 Å². The highest BCUT2D eigenvalue weighted by molar-refractivity contribution is 5.18. The van der Waals surface area contributed by atoms with Gasteiger partial charge in [0.1, 0.15) is 0 Å². The van der Waals surface area contributed by atoms with E-state index >= 15 is 0 Å². The van der Waals surface area contributed by atoms with E-state index in [9.17, 15) is 0 Å². The summed E-state index contributed by atoms with van der Waals surface area (Å²) in [7, 11) is 1.76. The third-order valence-electron chi connectivity index (χ3n) is 2.96. The average molecular weight is 235 g/mol. The fourth-order valence-electron chi connectivity index (χ4n) is 1.95. The van der Waals surface area contributed by atoms with Gasteiger partial charge in [0.05, 0.1) is 12.6 Å². The quantitative estimate of drug-likeness (QED) is 0.661. The molecular formula is C15H25NO. The normalized spacial score (nSPS) is 12.6. The lowest BCUT2D eigenvalue weighted by Crippen LogP contribution is -2.26. The van der Waals surface area contributed by atoms with Crippen LogP contribution in [0.3, 0.4) is 0 Å². The number of methoxy groups -OCH3 is 1. The second kappa shape index (κ2) is 9.20. The molecule has 0 saturated heterocycles. The summed E-state index contributed by atoms with van der Waals surface area (Å²) in [6, 6.07) is 10.8. The van der Waals surface area contributed by atoms with Crippen LogP contribution in [0.1, 0.15) is 44.2 Å². The highest BCUT2D eigenvalue weighted by Crippen LogP contribution is 2.12. The molecule has 0 radical (unpaired) electrons. The predicted molar refractivity (Wildman–Crippen MR) is 73.2 cm³/mol. The van der Waals surface area contributed by atoms with Crippen molar-refractivity contribution in [2.45, 2.75) is 38.6 Å². The van der Waals surface area contributed by atoms with E-state index in [1.807, 2.05) is 0 Å². The van der Waals surface area contributed by atoms with E-state index in [0.717, 1.165) is 13.2 Å². The van der Waals surface area contributed by atoms with Gasteiger partial charge >= 0.3 is 0 Å². The first kappa shape index (κ1) is 14.2. The zero-order valence-corrected chi connectivity index (χ0v) is 11.1. The number of ether oxygens (including phenoxy) is 1. The summed E-state index contributed by atoms with van der Waals surface area (Å²) in [6.45, 7) is 4.05. The Morgan fingerprint density at radius 3 is 2.53 bits per heavy atom. The van der Waals surface area contributed by atoms with Crippen LogP contribution in [0.5, 0.6) is 0 Å². The minimum atomic E-state index is 0.322. The summed E-state index contributed by atoms with van der Waals surface area (Å²) in [5.41, 5.74) is 1.31. The molecule has 0 aromatic heterocycles. The van der Waals surface area contributed by atoms with Gasteiger partial charge in [-0.25, -0.2) is 0 Å². The van der Waals surface area contributed by atoms with Gasteiger partial charge in [0.15, 0.2) is 0 Å². The largest absolute Gasteiger partial charge is 0.383 e. The molecule has 0 spiro atoms. The van der Waals surface area contributed by atoms with E-state index in [0.29, 0.717) is 6.04 Å². The van der Waals surface area contributed by atoms with Crippen molar-refractivity contribution in [3.8, 4) is 0 Å². The molecule has 0 heterocycles. The maximum atomic E-state index is 5.27. The molecule has 96 valence electrons. The fraction of sp³-hybridized carbons (Fsp3) is 0.600. The van der Waals surface area contributed by atoms with Crippen LogP contribution in [-0.2, 0) is 4.74 Å². The van der Waals surface area contributed by atoms with Crippen molar-refractivity contribution >= 4 is 0 Å². The smallest absolute Gasteiger partial charge is 0.0657 e. The number of unbranched alkanes of at least 4 members (excludes halogenated alkanes) is 3. The average Bonchev–Trinajstić information content (AvgIpc) is 2.38. The van der Waals surface area contributed by atoms with Gasteiger partial charge < -0.3 is 10.1 Å². The molecule has 1 rings (SSSR count). The van der Waals surface area contributed by atoms with Crippen LogP contribution < -0.4 is 5.32 Å². The molecule has 0 aliphatic rings. The Hall–Kier alpha value is -0.860. The maximum absolute atomic E-state index is 5.27. The molecule has 2 heteroatoms. The number of hydrogen-bond acceptors (Lipinski definition) is 2. The topological polar surface area (TPSA) is 21.3 Å². The SMILES string of the molecule is CCCCCCNC(COC)c1ccccc1. The van der Waals surface area contributed by atoms with Crippen molar-refractivity contribution in [2.75, 3.05) is 20.3 Å². The van der Waals surface area contributed by atoms with Gasteiger partial charge in [-0.1, -0.05) is 56.5 Å². The van der Waals surface area contributed by atoms with Crippen molar-refractivity contribution in [2.24, 2.45) is 0 Å². The molecule has 1 aromatic rings. The zero-order valence-electron chi connectivity index (χ0n) is 11.1. The first-order valence-corrected chi connectivity index (χ1v) is 6.65. The predicted octanol–water partition coefficient (Wildman–Crippen LogP) is 3.54. The van der Waals surface area contributed by atoms with Gasteiger partial charge in [-0.15, -0.1) is 0 Å². The highest BCUT2D eigenvalue weighted by atomic mass is 16.5. The molecule has 0 amide bonds. The molecule has 0 bridgehead atoms. The van der Waals surface area contributed by atoms with Crippen LogP contribution >= 0.6 is 0 Å². The second-order valence-corrected chi connectivity index (χ2v) is 4.43. The summed E-state index contributed by atoms with van der Waals surface area (Å²) in [4.78, 5) is 0. The third kappa shape index (κ3) is 5.85. The van der Waals surface area contributed by atoms with E-state index in [4.69, 9.17) is 4.74 Å². The molecule has 1 atom stereocenters. The molecule has 2 nitrogen and oxygen atoms in total. The molecule has 0 aliphatic heterocycles. The Morgan fingerprint density at radius 2 is 1.88 bits per heavy atom. The molecule has 1 aromatic carbocycles. The van der Waals surface area contributed by atoms with Crippen molar-refractivity contribution < 1.29 is 4.74 Å². The van der Waals surface area contributed by atoms with Crippen LogP contribution in [0.4, 0.5) is 0 Å². The summed E-state index contributed by atoms with van der Waals surface area (Å²) in [6.07, 6.45) is 5.20. The summed E-state index contributed by atoms with van der Waals surface area (Å²) < 4.78 is 5.27. The summed E-state index contributed by atoms with van der Waals surface area (Å²) in [5, 5.41) is 3.57. The summed E-state index contributed by atoms with van der Waals surface area (Å²) >= 11 is 0. The maximum Gasteiger partial charge on any atom is 0.0657 e. The van der Waals surface area contributed by atoms with Crippen molar-refractivity contribution in [1.82, 2.24) is 5.32 Å². The molecule has 0 aliphatic carbocycles.